The van der Waals surface area contributed by atoms with Gasteiger partial charge in [-0.1, -0.05) is 141 Å². The standard InChI is InChI=1S/C38H61NO8/c1-4-5-6-7-8-9-10-11-12-13-14-15-16-17-21-24-32(40)27-33(47-36(44)26-25-35(42)43)28-34(41)37(30(2)3)39-38(45)46-29-31-22-19-18-20-23-31/h18-20,22-23,30,33,37H,4-17,21,24-29H2,1-3H3,(H,39,45)(H,42,43)/t33?,37-/m0/s1. The van der Waals surface area contributed by atoms with Crippen LogP contribution >= 0.6 is 0 Å². The normalized spacial score (nSPS) is 12.3. The van der Waals surface area contributed by atoms with Crippen molar-refractivity contribution in [3.05, 3.63) is 35.9 Å². The van der Waals surface area contributed by atoms with Gasteiger partial charge in [0.05, 0.1) is 18.9 Å². The van der Waals surface area contributed by atoms with Crippen molar-refractivity contribution in [3.8, 4) is 0 Å². The van der Waals surface area contributed by atoms with Crippen LogP contribution in [-0.2, 0) is 35.3 Å². The van der Waals surface area contributed by atoms with Gasteiger partial charge < -0.3 is 19.9 Å². The first-order valence-corrected chi connectivity index (χ1v) is 18.0. The van der Waals surface area contributed by atoms with Crippen molar-refractivity contribution in [1.82, 2.24) is 5.32 Å². The van der Waals surface area contributed by atoms with E-state index in [1.165, 1.54) is 70.6 Å². The Bertz CT molecular complexity index is 1030. The summed E-state index contributed by atoms with van der Waals surface area (Å²) >= 11 is 0. The molecular weight excluding hydrogens is 598 g/mol. The Balaban J connectivity index is 2.46. The molecule has 1 aromatic carbocycles. The van der Waals surface area contributed by atoms with E-state index in [1.807, 2.05) is 30.3 Å². The van der Waals surface area contributed by atoms with Crippen molar-refractivity contribution in [2.45, 2.75) is 168 Å². The third-order valence-corrected chi connectivity index (χ3v) is 8.28. The smallest absolute Gasteiger partial charge is 0.408 e. The zero-order chi connectivity index (χ0) is 34.7. The van der Waals surface area contributed by atoms with Crippen LogP contribution in [0.4, 0.5) is 4.79 Å². The minimum Gasteiger partial charge on any atom is -0.481 e. The lowest BCUT2D eigenvalue weighted by Crippen LogP contribution is -2.46. The molecule has 9 heteroatoms. The Labute approximate surface area is 282 Å². The maximum absolute atomic E-state index is 13.3. The highest BCUT2D eigenvalue weighted by Crippen LogP contribution is 2.17. The summed E-state index contributed by atoms with van der Waals surface area (Å²) in [6, 6.07) is 8.24. The minimum atomic E-state index is -1.14. The van der Waals surface area contributed by atoms with Crippen LogP contribution in [0.3, 0.4) is 0 Å². The maximum atomic E-state index is 13.3. The predicted octanol–water partition coefficient (Wildman–Crippen LogP) is 8.89. The third-order valence-electron chi connectivity index (χ3n) is 8.28. The van der Waals surface area contributed by atoms with E-state index >= 15 is 0 Å². The number of hydrogen-bond donors (Lipinski definition) is 2. The third kappa shape index (κ3) is 22.9. The molecule has 0 fully saturated rings. The number of esters is 1. The quantitative estimate of drug-likeness (QED) is 0.0643. The molecule has 0 heterocycles. The molecule has 2 atom stereocenters. The lowest BCUT2D eigenvalue weighted by Gasteiger charge is -2.24. The molecule has 0 saturated heterocycles. The summed E-state index contributed by atoms with van der Waals surface area (Å²) in [5.41, 5.74) is 0.802. The number of carboxylic acids is 1. The highest BCUT2D eigenvalue weighted by molar-refractivity contribution is 5.89. The molecule has 0 saturated carbocycles. The average molecular weight is 660 g/mol. The first-order valence-electron chi connectivity index (χ1n) is 18.0. The Morgan fingerprint density at radius 2 is 1.23 bits per heavy atom. The van der Waals surface area contributed by atoms with Gasteiger partial charge in [0.2, 0.25) is 0 Å². The second-order valence-electron chi connectivity index (χ2n) is 13.0. The fraction of sp³-hybridized carbons (Fsp3) is 0.711. The zero-order valence-electron chi connectivity index (χ0n) is 29.3. The minimum absolute atomic E-state index is 0.0449. The molecule has 0 aliphatic heterocycles. The molecule has 1 amide bonds. The largest absolute Gasteiger partial charge is 0.481 e. The van der Waals surface area contributed by atoms with Crippen LogP contribution in [0.15, 0.2) is 30.3 Å². The van der Waals surface area contributed by atoms with E-state index in [0.717, 1.165) is 31.2 Å². The second-order valence-corrected chi connectivity index (χ2v) is 13.0. The van der Waals surface area contributed by atoms with Gasteiger partial charge in [-0.25, -0.2) is 4.79 Å². The number of unbranched alkanes of at least 4 members (excludes halogenated alkanes) is 14. The summed E-state index contributed by atoms with van der Waals surface area (Å²) in [7, 11) is 0. The molecule has 0 bridgehead atoms. The molecular formula is C38H61NO8. The van der Waals surface area contributed by atoms with Gasteiger partial charge in [-0.05, 0) is 17.9 Å². The molecule has 2 N–H and O–H groups in total. The van der Waals surface area contributed by atoms with Gasteiger partial charge in [0.15, 0.2) is 5.78 Å². The number of nitrogens with one attached hydrogen (secondary N) is 1. The van der Waals surface area contributed by atoms with Crippen LogP contribution in [-0.4, -0.2) is 46.9 Å². The molecule has 1 aromatic rings. The van der Waals surface area contributed by atoms with E-state index in [9.17, 15) is 24.0 Å². The zero-order valence-corrected chi connectivity index (χ0v) is 29.3. The summed E-state index contributed by atoms with van der Waals surface area (Å²) in [4.78, 5) is 61.8. The SMILES string of the molecule is CCCCCCCCCCCCCCCCCC(=O)CC(CC(=O)[C@@H](NC(=O)OCc1ccccc1)C(C)C)OC(=O)CCC(=O)O. The Morgan fingerprint density at radius 1 is 0.702 bits per heavy atom. The van der Waals surface area contributed by atoms with Crippen molar-refractivity contribution in [2.24, 2.45) is 5.92 Å². The number of ether oxygens (including phenoxy) is 2. The number of ketones is 2. The van der Waals surface area contributed by atoms with Gasteiger partial charge in [-0.2, -0.15) is 0 Å². The molecule has 0 aliphatic rings. The molecule has 0 radical (unpaired) electrons. The van der Waals surface area contributed by atoms with E-state index < -0.39 is 42.4 Å². The van der Waals surface area contributed by atoms with Crippen LogP contribution < -0.4 is 5.32 Å². The van der Waals surface area contributed by atoms with Crippen molar-refractivity contribution in [2.75, 3.05) is 0 Å². The first kappa shape index (κ1) is 41.8. The number of Topliss-reactive ketones (excluding diaryl/α,β-unsaturated/α-hetero) is 2. The number of hydrogen-bond acceptors (Lipinski definition) is 7. The van der Waals surface area contributed by atoms with Gasteiger partial charge in [0, 0.05) is 19.3 Å². The van der Waals surface area contributed by atoms with Gasteiger partial charge >= 0.3 is 18.0 Å². The van der Waals surface area contributed by atoms with Crippen molar-refractivity contribution >= 4 is 29.6 Å². The van der Waals surface area contributed by atoms with Crippen molar-refractivity contribution in [3.63, 3.8) is 0 Å². The van der Waals surface area contributed by atoms with Gasteiger partial charge in [0.25, 0.3) is 0 Å². The summed E-state index contributed by atoms with van der Waals surface area (Å²) in [6.07, 6.45) is 15.8. The number of amides is 1. The average Bonchev–Trinajstić information content (AvgIpc) is 3.03. The van der Waals surface area contributed by atoms with E-state index in [4.69, 9.17) is 14.6 Å². The predicted molar refractivity (Wildman–Crippen MR) is 184 cm³/mol. The van der Waals surface area contributed by atoms with Crippen molar-refractivity contribution < 1.29 is 38.6 Å². The highest BCUT2D eigenvalue weighted by atomic mass is 16.6. The molecule has 0 spiro atoms. The number of carboxylic acid groups (broad SMARTS) is 1. The molecule has 9 nitrogen and oxygen atoms in total. The molecule has 0 aliphatic carbocycles. The summed E-state index contributed by atoms with van der Waals surface area (Å²) in [5.74, 6) is -2.71. The summed E-state index contributed by atoms with van der Waals surface area (Å²) in [6.45, 7) is 5.84. The topological polar surface area (TPSA) is 136 Å². The molecule has 266 valence electrons. The van der Waals surface area contributed by atoms with Crippen LogP contribution in [0.2, 0.25) is 0 Å². The Morgan fingerprint density at radius 3 is 1.74 bits per heavy atom. The Kier molecular flexibility index (Phi) is 23.8. The molecule has 1 unspecified atom stereocenters. The fourth-order valence-corrected chi connectivity index (χ4v) is 5.52. The maximum Gasteiger partial charge on any atom is 0.408 e. The lowest BCUT2D eigenvalue weighted by molar-refractivity contribution is -0.154. The van der Waals surface area contributed by atoms with E-state index in [2.05, 4.69) is 12.2 Å². The van der Waals surface area contributed by atoms with Crippen LogP contribution in [0.1, 0.15) is 155 Å². The van der Waals surface area contributed by atoms with Gasteiger partial charge in [-0.3, -0.25) is 19.2 Å². The van der Waals surface area contributed by atoms with Crippen molar-refractivity contribution in [1.29, 1.82) is 0 Å². The molecule has 47 heavy (non-hydrogen) atoms. The number of carbonyl (C=O) groups is 5. The highest BCUT2D eigenvalue weighted by Gasteiger charge is 2.29. The first-order chi connectivity index (χ1) is 22.6. The second kappa shape index (κ2) is 26.8. The summed E-state index contributed by atoms with van der Waals surface area (Å²) < 4.78 is 10.7. The molecule has 1 rings (SSSR count). The summed E-state index contributed by atoms with van der Waals surface area (Å²) in [5, 5.41) is 11.5. The van der Waals surface area contributed by atoms with Crippen LogP contribution in [0.25, 0.3) is 0 Å². The fourth-order valence-electron chi connectivity index (χ4n) is 5.52. The number of alkyl carbamates (subject to hydrolysis) is 1. The van der Waals surface area contributed by atoms with Crippen LogP contribution in [0, 0.1) is 5.92 Å². The van der Waals surface area contributed by atoms with Gasteiger partial charge in [0.1, 0.15) is 18.5 Å². The number of rotatable bonds is 29. The van der Waals surface area contributed by atoms with E-state index in [-0.39, 0.29) is 37.6 Å². The number of carbonyl (C=O) groups excluding carboxylic acids is 4. The van der Waals surface area contributed by atoms with E-state index in [1.54, 1.807) is 13.8 Å². The number of aliphatic carboxylic acids is 1. The van der Waals surface area contributed by atoms with Crippen LogP contribution in [0.5, 0.6) is 0 Å². The van der Waals surface area contributed by atoms with Gasteiger partial charge in [-0.15, -0.1) is 0 Å². The lowest BCUT2D eigenvalue weighted by atomic mass is 9.94. The van der Waals surface area contributed by atoms with E-state index in [0.29, 0.717) is 6.42 Å². The molecule has 0 aromatic heterocycles. The number of benzene rings is 1. The Hall–Kier alpha value is -3.23. The monoisotopic (exact) mass is 659 g/mol.